The van der Waals surface area contributed by atoms with Crippen LogP contribution in [0.4, 0.5) is 10.5 Å². The molecule has 3 rings (SSSR count). The van der Waals surface area contributed by atoms with Gasteiger partial charge in [-0.1, -0.05) is 16.8 Å². The number of hydrogen-bond acceptors (Lipinski definition) is 4. The number of nitrogens with zero attached hydrogens (tertiary/aromatic N) is 2. The first-order valence-electron chi connectivity index (χ1n) is 7.10. The SMILES string of the molecule is Cc1cc(CNC(=O)c2cc(N3CCNC3=O)ccc2Cl)no1. The second-order valence-electron chi connectivity index (χ2n) is 5.16. The van der Waals surface area contributed by atoms with E-state index in [9.17, 15) is 9.59 Å². The molecule has 0 aliphatic carbocycles. The summed E-state index contributed by atoms with van der Waals surface area (Å²) in [7, 11) is 0. The molecule has 2 heterocycles. The van der Waals surface area contributed by atoms with Gasteiger partial charge in [-0.25, -0.2) is 4.79 Å². The number of benzene rings is 1. The summed E-state index contributed by atoms with van der Waals surface area (Å²) in [5, 5.41) is 9.58. The Morgan fingerprint density at radius 1 is 1.48 bits per heavy atom. The first-order valence-corrected chi connectivity index (χ1v) is 7.47. The van der Waals surface area contributed by atoms with E-state index in [2.05, 4.69) is 15.8 Å². The van der Waals surface area contributed by atoms with Gasteiger partial charge in [-0.3, -0.25) is 9.69 Å². The lowest BCUT2D eigenvalue weighted by atomic mass is 10.1. The highest BCUT2D eigenvalue weighted by Gasteiger charge is 2.22. The van der Waals surface area contributed by atoms with E-state index < -0.39 is 0 Å². The molecule has 120 valence electrons. The summed E-state index contributed by atoms with van der Waals surface area (Å²) in [6.45, 7) is 3.15. The molecule has 2 aromatic rings. The van der Waals surface area contributed by atoms with Crippen molar-refractivity contribution in [1.82, 2.24) is 15.8 Å². The minimum atomic E-state index is -0.336. The van der Waals surface area contributed by atoms with Crippen molar-refractivity contribution in [3.63, 3.8) is 0 Å². The van der Waals surface area contributed by atoms with Crippen LogP contribution in [0.25, 0.3) is 0 Å². The molecular formula is C15H15ClN4O3. The first-order chi connectivity index (χ1) is 11.0. The van der Waals surface area contributed by atoms with Gasteiger partial charge in [0.15, 0.2) is 0 Å². The molecule has 8 heteroatoms. The van der Waals surface area contributed by atoms with Crippen molar-refractivity contribution in [2.24, 2.45) is 0 Å². The van der Waals surface area contributed by atoms with Crippen molar-refractivity contribution < 1.29 is 14.1 Å². The smallest absolute Gasteiger partial charge is 0.321 e. The molecule has 1 aromatic carbocycles. The molecule has 0 radical (unpaired) electrons. The molecule has 1 aliphatic rings. The Morgan fingerprint density at radius 3 is 2.96 bits per heavy atom. The van der Waals surface area contributed by atoms with Crippen molar-refractivity contribution in [1.29, 1.82) is 0 Å². The molecule has 0 unspecified atom stereocenters. The molecule has 0 spiro atoms. The zero-order chi connectivity index (χ0) is 16.4. The summed E-state index contributed by atoms with van der Waals surface area (Å²) >= 11 is 6.11. The van der Waals surface area contributed by atoms with Gasteiger partial charge in [-0.2, -0.15) is 0 Å². The average molecular weight is 335 g/mol. The molecule has 1 saturated heterocycles. The number of anilines is 1. The Morgan fingerprint density at radius 2 is 2.30 bits per heavy atom. The molecule has 0 atom stereocenters. The van der Waals surface area contributed by atoms with E-state index >= 15 is 0 Å². The number of urea groups is 1. The maximum absolute atomic E-state index is 12.3. The van der Waals surface area contributed by atoms with Crippen LogP contribution < -0.4 is 15.5 Å². The Hall–Kier alpha value is -2.54. The molecule has 3 amide bonds. The number of rotatable bonds is 4. The van der Waals surface area contributed by atoms with E-state index in [1.165, 1.54) is 0 Å². The third-order valence-electron chi connectivity index (χ3n) is 3.47. The largest absolute Gasteiger partial charge is 0.361 e. The highest BCUT2D eigenvalue weighted by Crippen LogP contribution is 2.24. The predicted octanol–water partition coefficient (Wildman–Crippen LogP) is 2.10. The fourth-order valence-electron chi connectivity index (χ4n) is 2.34. The van der Waals surface area contributed by atoms with Crippen molar-refractivity contribution in [2.45, 2.75) is 13.5 Å². The lowest BCUT2D eigenvalue weighted by Crippen LogP contribution is -2.28. The zero-order valence-corrected chi connectivity index (χ0v) is 13.2. The molecule has 2 N–H and O–H groups in total. The topological polar surface area (TPSA) is 87.5 Å². The normalized spacial score (nSPS) is 14.0. The Kier molecular flexibility index (Phi) is 4.20. The molecule has 7 nitrogen and oxygen atoms in total. The number of nitrogens with one attached hydrogen (secondary N) is 2. The van der Waals surface area contributed by atoms with Gasteiger partial charge < -0.3 is 15.2 Å². The summed E-state index contributed by atoms with van der Waals surface area (Å²) in [6, 6.07) is 6.49. The van der Waals surface area contributed by atoms with Crippen LogP contribution in [-0.4, -0.2) is 30.2 Å². The lowest BCUT2D eigenvalue weighted by molar-refractivity contribution is 0.0950. The highest BCUT2D eigenvalue weighted by molar-refractivity contribution is 6.34. The monoisotopic (exact) mass is 334 g/mol. The van der Waals surface area contributed by atoms with Crippen molar-refractivity contribution in [3.05, 3.63) is 46.3 Å². The Labute approximate surface area is 137 Å². The summed E-state index contributed by atoms with van der Waals surface area (Å²) in [6.07, 6.45) is 0. The third-order valence-corrected chi connectivity index (χ3v) is 3.80. The van der Waals surface area contributed by atoms with Crippen LogP contribution in [0.3, 0.4) is 0 Å². The van der Waals surface area contributed by atoms with E-state index in [1.54, 1.807) is 36.1 Å². The van der Waals surface area contributed by atoms with Gasteiger partial charge in [0.05, 0.1) is 17.1 Å². The number of carbonyl (C=O) groups excluding carboxylic acids is 2. The van der Waals surface area contributed by atoms with Gasteiger partial charge in [0.2, 0.25) is 0 Å². The fourth-order valence-corrected chi connectivity index (χ4v) is 2.54. The summed E-state index contributed by atoms with van der Waals surface area (Å²) in [4.78, 5) is 25.6. The van der Waals surface area contributed by atoms with Gasteiger partial charge in [0.1, 0.15) is 11.5 Å². The van der Waals surface area contributed by atoms with Crippen LogP contribution in [0.1, 0.15) is 21.8 Å². The highest BCUT2D eigenvalue weighted by atomic mass is 35.5. The van der Waals surface area contributed by atoms with Gasteiger partial charge in [0.25, 0.3) is 5.91 Å². The van der Waals surface area contributed by atoms with Gasteiger partial charge in [-0.05, 0) is 25.1 Å². The van der Waals surface area contributed by atoms with Crippen molar-refractivity contribution in [2.75, 3.05) is 18.0 Å². The number of aromatic nitrogens is 1. The molecule has 1 aromatic heterocycles. The van der Waals surface area contributed by atoms with Crippen LogP contribution in [0.5, 0.6) is 0 Å². The van der Waals surface area contributed by atoms with Crippen LogP contribution in [0.2, 0.25) is 5.02 Å². The number of aryl methyl sites for hydroxylation is 1. The second-order valence-corrected chi connectivity index (χ2v) is 5.57. The summed E-state index contributed by atoms with van der Waals surface area (Å²) in [5.74, 6) is 0.339. The molecule has 0 saturated carbocycles. The van der Waals surface area contributed by atoms with Crippen LogP contribution >= 0.6 is 11.6 Å². The van der Waals surface area contributed by atoms with Crippen molar-refractivity contribution in [3.8, 4) is 0 Å². The zero-order valence-electron chi connectivity index (χ0n) is 12.4. The number of carbonyl (C=O) groups is 2. The minimum absolute atomic E-state index is 0.184. The maximum atomic E-state index is 12.3. The third kappa shape index (κ3) is 3.29. The fraction of sp³-hybridized carbons (Fsp3) is 0.267. The lowest BCUT2D eigenvalue weighted by Gasteiger charge is -2.16. The second kappa shape index (κ2) is 6.29. The summed E-state index contributed by atoms with van der Waals surface area (Å²) in [5.41, 5.74) is 1.57. The molecular weight excluding hydrogens is 320 g/mol. The van der Waals surface area contributed by atoms with Gasteiger partial charge in [0, 0.05) is 24.8 Å². The molecule has 1 fully saturated rings. The van der Waals surface area contributed by atoms with Crippen molar-refractivity contribution >= 4 is 29.2 Å². The Balaban J connectivity index is 1.75. The van der Waals surface area contributed by atoms with E-state index in [1.807, 2.05) is 0 Å². The van der Waals surface area contributed by atoms with Crippen LogP contribution in [0, 0.1) is 6.92 Å². The van der Waals surface area contributed by atoms with E-state index in [-0.39, 0.29) is 18.5 Å². The van der Waals surface area contributed by atoms with E-state index in [4.69, 9.17) is 16.1 Å². The maximum Gasteiger partial charge on any atom is 0.321 e. The quantitative estimate of drug-likeness (QED) is 0.896. The van der Waals surface area contributed by atoms with Crippen LogP contribution in [-0.2, 0) is 6.54 Å². The minimum Gasteiger partial charge on any atom is -0.361 e. The number of hydrogen-bond donors (Lipinski definition) is 2. The first kappa shape index (κ1) is 15.4. The van der Waals surface area contributed by atoms with Gasteiger partial charge >= 0.3 is 6.03 Å². The van der Waals surface area contributed by atoms with Gasteiger partial charge in [-0.15, -0.1) is 0 Å². The average Bonchev–Trinajstić information content (AvgIpc) is 3.14. The Bertz CT molecular complexity index is 759. The van der Waals surface area contributed by atoms with E-state index in [0.717, 1.165) is 0 Å². The number of amides is 3. The molecule has 1 aliphatic heterocycles. The standard InChI is InChI=1S/C15H15ClN4O3/c1-9-6-10(19-23-9)8-18-14(21)12-7-11(2-3-13(12)16)20-5-4-17-15(20)22/h2-3,6-7H,4-5,8H2,1H3,(H,17,22)(H,18,21). The van der Waals surface area contributed by atoms with Crippen LogP contribution in [0.15, 0.2) is 28.8 Å². The van der Waals surface area contributed by atoms with E-state index in [0.29, 0.717) is 40.8 Å². The predicted molar refractivity (Wildman–Crippen MR) is 84.6 cm³/mol. The molecule has 0 bridgehead atoms. The number of halogens is 1. The summed E-state index contributed by atoms with van der Waals surface area (Å²) < 4.78 is 4.95. The molecule has 23 heavy (non-hydrogen) atoms.